The van der Waals surface area contributed by atoms with E-state index in [1.807, 2.05) is 0 Å². The minimum atomic E-state index is -0.910. The summed E-state index contributed by atoms with van der Waals surface area (Å²) in [6.07, 6.45) is 3.43. The Labute approximate surface area is 108 Å². The molecule has 2 rings (SSSR count). The molecule has 2 aliphatic heterocycles. The van der Waals surface area contributed by atoms with Crippen molar-refractivity contribution >= 4 is 5.91 Å². The Morgan fingerprint density at radius 3 is 2.67 bits per heavy atom. The van der Waals surface area contributed by atoms with E-state index in [9.17, 15) is 4.79 Å². The van der Waals surface area contributed by atoms with Crippen molar-refractivity contribution < 1.29 is 9.53 Å². The number of piperidine rings is 1. The van der Waals surface area contributed by atoms with Gasteiger partial charge in [-0.15, -0.1) is 0 Å². The smallest absolute Gasteiger partial charge is 0.245 e. The average molecular weight is 251 g/mol. The third-order valence-electron chi connectivity index (χ3n) is 4.02. The highest BCUT2D eigenvalue weighted by molar-refractivity contribution is 5.86. The molecule has 2 heterocycles. The molecule has 0 unspecified atom stereocenters. The molecule has 0 spiro atoms. The molecule has 18 heavy (non-hydrogen) atoms. The summed E-state index contributed by atoms with van der Waals surface area (Å²) in [5.41, 5.74) is -0.910. The fraction of sp³-hybridized carbons (Fsp3) is 0.846. The van der Waals surface area contributed by atoms with E-state index in [2.05, 4.69) is 23.3 Å². The van der Waals surface area contributed by atoms with Crippen molar-refractivity contribution in [1.82, 2.24) is 10.2 Å². The van der Waals surface area contributed by atoms with Crippen molar-refractivity contribution in [3.8, 4) is 6.07 Å². The van der Waals surface area contributed by atoms with Crippen LogP contribution in [0.4, 0.5) is 0 Å². The van der Waals surface area contributed by atoms with E-state index in [0.717, 1.165) is 19.5 Å². The summed E-state index contributed by atoms with van der Waals surface area (Å²) in [4.78, 5) is 14.2. The first-order valence-corrected chi connectivity index (χ1v) is 6.62. The Hall–Kier alpha value is -1.12. The lowest BCUT2D eigenvalue weighted by Gasteiger charge is -2.33. The Kier molecular flexibility index (Phi) is 4.20. The van der Waals surface area contributed by atoms with Crippen molar-refractivity contribution in [3.63, 3.8) is 0 Å². The minimum absolute atomic E-state index is 0.163. The SMILES string of the molecule is CN1CCC(CCNC(=O)C2(C#N)COC2)CC1. The predicted octanol–water partition coefficient (Wildman–Crippen LogP) is 0.375. The van der Waals surface area contributed by atoms with Crippen LogP contribution in [0.1, 0.15) is 19.3 Å². The molecule has 0 saturated carbocycles. The van der Waals surface area contributed by atoms with Crippen LogP contribution in [0, 0.1) is 22.7 Å². The third kappa shape index (κ3) is 2.82. The number of carbonyl (C=O) groups excluding carboxylic acids is 1. The van der Waals surface area contributed by atoms with Crippen LogP contribution in [-0.4, -0.2) is 50.7 Å². The molecule has 1 N–H and O–H groups in total. The van der Waals surface area contributed by atoms with Crippen molar-refractivity contribution in [2.75, 3.05) is 39.9 Å². The maximum atomic E-state index is 11.9. The van der Waals surface area contributed by atoms with Crippen LogP contribution in [0.5, 0.6) is 0 Å². The van der Waals surface area contributed by atoms with Gasteiger partial charge < -0.3 is 15.0 Å². The van der Waals surface area contributed by atoms with Gasteiger partial charge in [0.15, 0.2) is 5.41 Å². The first-order valence-electron chi connectivity index (χ1n) is 6.62. The van der Waals surface area contributed by atoms with Crippen molar-refractivity contribution in [2.24, 2.45) is 11.3 Å². The molecule has 100 valence electrons. The van der Waals surface area contributed by atoms with Crippen molar-refractivity contribution in [3.05, 3.63) is 0 Å². The van der Waals surface area contributed by atoms with Gasteiger partial charge >= 0.3 is 0 Å². The molecule has 0 aromatic rings. The number of nitriles is 1. The lowest BCUT2D eigenvalue weighted by molar-refractivity contribution is -0.150. The number of hydrogen-bond acceptors (Lipinski definition) is 4. The first-order chi connectivity index (χ1) is 8.66. The summed E-state index contributed by atoms with van der Waals surface area (Å²) < 4.78 is 4.97. The summed E-state index contributed by atoms with van der Waals surface area (Å²) in [6.45, 7) is 3.45. The van der Waals surface area contributed by atoms with Crippen LogP contribution < -0.4 is 5.32 Å². The molecule has 0 aromatic carbocycles. The molecule has 0 aromatic heterocycles. The molecule has 5 nitrogen and oxygen atoms in total. The monoisotopic (exact) mass is 251 g/mol. The maximum Gasteiger partial charge on any atom is 0.245 e. The van der Waals surface area contributed by atoms with Gasteiger partial charge in [-0.05, 0) is 45.3 Å². The Balaban J connectivity index is 1.66. The summed E-state index contributed by atoms with van der Waals surface area (Å²) in [5, 5.41) is 11.9. The number of rotatable bonds is 4. The van der Waals surface area contributed by atoms with E-state index in [0.29, 0.717) is 12.5 Å². The van der Waals surface area contributed by atoms with E-state index in [1.54, 1.807) is 0 Å². The molecule has 2 saturated heterocycles. The second-order valence-electron chi connectivity index (χ2n) is 5.48. The molecule has 5 heteroatoms. The third-order valence-corrected chi connectivity index (χ3v) is 4.02. The van der Waals surface area contributed by atoms with E-state index in [-0.39, 0.29) is 19.1 Å². The van der Waals surface area contributed by atoms with Gasteiger partial charge in [0.1, 0.15) is 0 Å². The average Bonchev–Trinajstić information content (AvgIpc) is 2.31. The lowest BCUT2D eigenvalue weighted by atomic mass is 9.86. The van der Waals surface area contributed by atoms with Gasteiger partial charge in [0.2, 0.25) is 5.91 Å². The van der Waals surface area contributed by atoms with Crippen LogP contribution in [-0.2, 0) is 9.53 Å². The molecule has 1 amide bonds. The second-order valence-corrected chi connectivity index (χ2v) is 5.48. The number of amides is 1. The number of nitrogens with zero attached hydrogens (tertiary/aromatic N) is 2. The maximum absolute atomic E-state index is 11.9. The summed E-state index contributed by atoms with van der Waals surface area (Å²) in [5.74, 6) is 0.543. The molecular weight excluding hydrogens is 230 g/mol. The zero-order valence-corrected chi connectivity index (χ0v) is 10.9. The quantitative estimate of drug-likeness (QED) is 0.784. The Morgan fingerprint density at radius 1 is 1.50 bits per heavy atom. The van der Waals surface area contributed by atoms with Crippen LogP contribution in [0.2, 0.25) is 0 Å². The fourth-order valence-electron chi connectivity index (χ4n) is 2.46. The van der Waals surface area contributed by atoms with Gasteiger partial charge in [0, 0.05) is 6.54 Å². The van der Waals surface area contributed by atoms with Gasteiger partial charge in [-0.3, -0.25) is 4.79 Å². The molecule has 0 radical (unpaired) electrons. The molecule has 2 aliphatic rings. The molecule has 0 atom stereocenters. The van der Waals surface area contributed by atoms with Gasteiger partial charge in [0.25, 0.3) is 0 Å². The topological polar surface area (TPSA) is 65.4 Å². The van der Waals surface area contributed by atoms with Gasteiger partial charge in [-0.25, -0.2) is 0 Å². The number of nitrogens with one attached hydrogen (secondary N) is 1. The van der Waals surface area contributed by atoms with Crippen LogP contribution in [0.25, 0.3) is 0 Å². The zero-order chi connectivity index (χ0) is 13.0. The zero-order valence-electron chi connectivity index (χ0n) is 10.9. The molecular formula is C13H21N3O2. The molecule has 2 fully saturated rings. The van der Waals surface area contributed by atoms with Gasteiger partial charge in [-0.1, -0.05) is 0 Å². The highest BCUT2D eigenvalue weighted by atomic mass is 16.5. The summed E-state index contributed by atoms with van der Waals surface area (Å²) in [6, 6.07) is 2.07. The summed E-state index contributed by atoms with van der Waals surface area (Å²) >= 11 is 0. The standard InChI is InChI=1S/C13H21N3O2/c1-16-6-3-11(4-7-16)2-5-15-12(17)13(8-14)9-18-10-13/h11H,2-7,9-10H2,1H3,(H,15,17). The van der Waals surface area contributed by atoms with E-state index < -0.39 is 5.41 Å². The number of ether oxygens (including phenoxy) is 1. The number of carbonyl (C=O) groups is 1. The highest BCUT2D eigenvalue weighted by Gasteiger charge is 2.46. The van der Waals surface area contributed by atoms with Crippen molar-refractivity contribution in [1.29, 1.82) is 5.26 Å². The highest BCUT2D eigenvalue weighted by Crippen LogP contribution is 2.26. The van der Waals surface area contributed by atoms with Crippen LogP contribution >= 0.6 is 0 Å². The first kappa shape index (κ1) is 13.3. The molecule has 0 aliphatic carbocycles. The number of likely N-dealkylation sites (tertiary alicyclic amines) is 1. The largest absolute Gasteiger partial charge is 0.377 e. The van der Waals surface area contributed by atoms with Crippen molar-refractivity contribution in [2.45, 2.75) is 19.3 Å². The van der Waals surface area contributed by atoms with Gasteiger partial charge in [-0.2, -0.15) is 5.26 Å². The molecule has 0 bridgehead atoms. The summed E-state index contributed by atoms with van der Waals surface area (Å²) in [7, 11) is 2.14. The van der Waals surface area contributed by atoms with Crippen LogP contribution in [0.15, 0.2) is 0 Å². The van der Waals surface area contributed by atoms with E-state index in [1.165, 1.54) is 12.8 Å². The fourth-order valence-corrected chi connectivity index (χ4v) is 2.46. The number of hydrogen-bond donors (Lipinski definition) is 1. The Morgan fingerprint density at radius 2 is 2.17 bits per heavy atom. The van der Waals surface area contributed by atoms with E-state index >= 15 is 0 Å². The van der Waals surface area contributed by atoms with Crippen LogP contribution in [0.3, 0.4) is 0 Å². The minimum Gasteiger partial charge on any atom is -0.377 e. The second kappa shape index (κ2) is 5.68. The Bertz CT molecular complexity index is 339. The van der Waals surface area contributed by atoms with E-state index in [4.69, 9.17) is 10.00 Å². The predicted molar refractivity (Wildman–Crippen MR) is 66.7 cm³/mol. The van der Waals surface area contributed by atoms with Gasteiger partial charge in [0.05, 0.1) is 19.3 Å². The lowest BCUT2D eigenvalue weighted by Crippen LogP contribution is -2.53. The normalized spacial score (nSPS) is 24.0.